The maximum atomic E-state index is 12.6. The predicted octanol–water partition coefficient (Wildman–Crippen LogP) is 2.79. The van der Waals surface area contributed by atoms with E-state index in [0.717, 1.165) is 0 Å². The third-order valence-electron chi connectivity index (χ3n) is 1.84. The molecule has 7 heteroatoms. The summed E-state index contributed by atoms with van der Waals surface area (Å²) in [4.78, 5) is 3.81. The molecule has 1 heterocycles. The van der Waals surface area contributed by atoms with Crippen molar-refractivity contribution in [2.45, 2.75) is 19.3 Å². The Kier molecular flexibility index (Phi) is 4.53. The van der Waals surface area contributed by atoms with Crippen LogP contribution >= 0.6 is 0 Å². The molecule has 0 amide bonds. The van der Waals surface area contributed by atoms with Crippen molar-refractivity contribution in [2.24, 2.45) is 0 Å². The summed E-state index contributed by atoms with van der Waals surface area (Å²) in [7, 11) is 0. The van der Waals surface area contributed by atoms with Crippen LogP contribution in [-0.2, 0) is 0 Å². The first-order valence-corrected chi connectivity index (χ1v) is 4.95. The van der Waals surface area contributed by atoms with Gasteiger partial charge in [-0.05, 0) is 13.0 Å². The summed E-state index contributed by atoms with van der Waals surface area (Å²) in [5.41, 5.74) is 0. The minimum absolute atomic E-state index is 0.0660. The molecule has 1 N–H and O–H groups in total. The third kappa shape index (κ3) is 4.08. The fraction of sp³-hybridized carbons (Fsp3) is 0.500. The van der Waals surface area contributed by atoms with Gasteiger partial charge >= 0.3 is 12.3 Å². The first-order valence-electron chi connectivity index (χ1n) is 4.95. The van der Waals surface area contributed by atoms with Gasteiger partial charge in [0.05, 0.1) is 13.2 Å². The second-order valence-corrected chi connectivity index (χ2v) is 3.21. The van der Waals surface area contributed by atoms with Crippen molar-refractivity contribution in [1.29, 1.82) is 0 Å². The third-order valence-corrected chi connectivity index (χ3v) is 1.84. The molecule has 0 bridgehead atoms. The van der Waals surface area contributed by atoms with E-state index in [9.17, 15) is 17.6 Å². The highest BCUT2D eigenvalue weighted by Gasteiger charge is 2.40. The average molecular weight is 252 g/mol. The average Bonchev–Trinajstić information content (AvgIpc) is 2.27. The Hall–Kier alpha value is -1.53. The number of anilines is 1. The number of alkyl halides is 4. The number of halogens is 4. The molecule has 1 aromatic heterocycles. The molecular formula is C10H12F4N2O. The van der Waals surface area contributed by atoms with E-state index >= 15 is 0 Å². The van der Waals surface area contributed by atoms with Crippen LogP contribution in [0.25, 0.3) is 0 Å². The van der Waals surface area contributed by atoms with E-state index in [4.69, 9.17) is 4.74 Å². The Morgan fingerprint density at radius 1 is 1.41 bits per heavy atom. The van der Waals surface area contributed by atoms with Crippen LogP contribution in [0.15, 0.2) is 18.2 Å². The summed E-state index contributed by atoms with van der Waals surface area (Å²) >= 11 is 0. The zero-order valence-electron chi connectivity index (χ0n) is 9.09. The number of hydrogen-bond acceptors (Lipinski definition) is 3. The van der Waals surface area contributed by atoms with Gasteiger partial charge in [0.1, 0.15) is 5.82 Å². The van der Waals surface area contributed by atoms with Gasteiger partial charge in [-0.25, -0.2) is 8.78 Å². The van der Waals surface area contributed by atoms with Crippen molar-refractivity contribution in [3.05, 3.63) is 18.2 Å². The van der Waals surface area contributed by atoms with Crippen LogP contribution in [0.4, 0.5) is 23.4 Å². The van der Waals surface area contributed by atoms with Crippen molar-refractivity contribution in [2.75, 3.05) is 18.5 Å². The van der Waals surface area contributed by atoms with Gasteiger partial charge in [0.15, 0.2) is 0 Å². The second kappa shape index (κ2) is 5.70. The van der Waals surface area contributed by atoms with E-state index in [1.54, 1.807) is 13.0 Å². The summed E-state index contributed by atoms with van der Waals surface area (Å²) in [6.07, 6.45) is -3.70. The number of pyridine rings is 1. The van der Waals surface area contributed by atoms with Gasteiger partial charge in [-0.15, -0.1) is 0 Å². The highest BCUT2D eigenvalue weighted by Crippen LogP contribution is 2.23. The molecule has 0 atom stereocenters. The molecule has 0 spiro atoms. The van der Waals surface area contributed by atoms with Crippen LogP contribution < -0.4 is 10.1 Å². The van der Waals surface area contributed by atoms with Gasteiger partial charge < -0.3 is 10.1 Å². The minimum atomic E-state index is -4.08. The number of nitrogens with one attached hydrogen (secondary N) is 1. The molecule has 17 heavy (non-hydrogen) atoms. The van der Waals surface area contributed by atoms with E-state index < -0.39 is 18.9 Å². The van der Waals surface area contributed by atoms with Crippen molar-refractivity contribution in [3.63, 3.8) is 0 Å². The van der Waals surface area contributed by atoms with Gasteiger partial charge in [0, 0.05) is 6.07 Å². The van der Waals surface area contributed by atoms with E-state index in [1.807, 2.05) is 0 Å². The van der Waals surface area contributed by atoms with Crippen LogP contribution in [0, 0.1) is 0 Å². The Bertz CT molecular complexity index is 360. The molecule has 96 valence electrons. The molecule has 0 radical (unpaired) electrons. The van der Waals surface area contributed by atoms with Gasteiger partial charge in [-0.3, -0.25) is 0 Å². The van der Waals surface area contributed by atoms with Crippen LogP contribution in [-0.4, -0.2) is 30.5 Å². The first kappa shape index (κ1) is 13.5. The van der Waals surface area contributed by atoms with Crippen LogP contribution in [0.1, 0.15) is 6.92 Å². The molecule has 0 saturated carbocycles. The molecule has 0 aliphatic carbocycles. The Balaban J connectivity index is 2.60. The summed E-state index contributed by atoms with van der Waals surface area (Å²) in [5.74, 6) is -3.77. The SMILES string of the molecule is CCOc1cccc(NCC(F)(F)C(F)F)n1. The number of nitrogens with zero attached hydrogens (tertiary/aromatic N) is 1. The molecule has 0 unspecified atom stereocenters. The van der Waals surface area contributed by atoms with E-state index in [-0.39, 0.29) is 11.7 Å². The summed E-state index contributed by atoms with van der Waals surface area (Å²) in [5, 5.41) is 2.14. The molecule has 1 aromatic rings. The van der Waals surface area contributed by atoms with E-state index in [2.05, 4.69) is 10.3 Å². The monoisotopic (exact) mass is 252 g/mol. The lowest BCUT2D eigenvalue weighted by atomic mass is 10.3. The number of hydrogen-bond donors (Lipinski definition) is 1. The number of aromatic nitrogens is 1. The maximum Gasteiger partial charge on any atom is 0.324 e. The molecule has 1 rings (SSSR count). The zero-order chi connectivity index (χ0) is 12.9. The van der Waals surface area contributed by atoms with Crippen LogP contribution in [0.5, 0.6) is 5.88 Å². The standard InChI is InChI=1S/C10H12F4N2O/c1-2-17-8-5-3-4-7(16-8)15-6-10(13,14)9(11)12/h3-5,9H,2,6H2,1H3,(H,15,16). The molecule has 0 aliphatic heterocycles. The van der Waals surface area contributed by atoms with Gasteiger partial charge in [-0.1, -0.05) is 6.07 Å². The highest BCUT2D eigenvalue weighted by atomic mass is 19.3. The molecule has 0 aromatic carbocycles. The lowest BCUT2D eigenvalue weighted by Gasteiger charge is -2.16. The fourth-order valence-electron chi connectivity index (χ4n) is 1.03. The minimum Gasteiger partial charge on any atom is -0.478 e. The van der Waals surface area contributed by atoms with Crippen LogP contribution in [0.2, 0.25) is 0 Å². The molecular weight excluding hydrogens is 240 g/mol. The Morgan fingerprint density at radius 2 is 2.12 bits per heavy atom. The Labute approximate surface area is 95.8 Å². The van der Waals surface area contributed by atoms with E-state index in [0.29, 0.717) is 6.61 Å². The predicted molar refractivity (Wildman–Crippen MR) is 54.8 cm³/mol. The maximum absolute atomic E-state index is 12.6. The van der Waals surface area contributed by atoms with Crippen molar-refractivity contribution in [3.8, 4) is 5.88 Å². The fourth-order valence-corrected chi connectivity index (χ4v) is 1.03. The summed E-state index contributed by atoms with van der Waals surface area (Å²) < 4.78 is 54.0. The van der Waals surface area contributed by atoms with Gasteiger partial charge in [-0.2, -0.15) is 13.8 Å². The summed E-state index contributed by atoms with van der Waals surface area (Å²) in [6.45, 7) is 0.948. The quantitative estimate of drug-likeness (QED) is 0.790. The molecule has 0 aliphatic rings. The van der Waals surface area contributed by atoms with Crippen molar-refractivity contribution < 1.29 is 22.3 Å². The van der Waals surface area contributed by atoms with Crippen molar-refractivity contribution >= 4 is 5.82 Å². The van der Waals surface area contributed by atoms with Crippen LogP contribution in [0.3, 0.4) is 0 Å². The number of ether oxygens (including phenoxy) is 1. The van der Waals surface area contributed by atoms with Gasteiger partial charge in [0.25, 0.3) is 0 Å². The summed E-state index contributed by atoms with van der Waals surface area (Å²) in [6, 6.07) is 4.46. The zero-order valence-corrected chi connectivity index (χ0v) is 9.09. The molecule has 0 fully saturated rings. The lowest BCUT2D eigenvalue weighted by Crippen LogP contribution is -2.35. The largest absolute Gasteiger partial charge is 0.478 e. The van der Waals surface area contributed by atoms with Gasteiger partial charge in [0.2, 0.25) is 5.88 Å². The Morgan fingerprint density at radius 3 is 2.71 bits per heavy atom. The van der Waals surface area contributed by atoms with E-state index in [1.165, 1.54) is 12.1 Å². The first-order chi connectivity index (χ1) is 7.95. The topological polar surface area (TPSA) is 34.1 Å². The number of rotatable bonds is 6. The highest BCUT2D eigenvalue weighted by molar-refractivity contribution is 5.37. The smallest absolute Gasteiger partial charge is 0.324 e. The molecule has 3 nitrogen and oxygen atoms in total. The second-order valence-electron chi connectivity index (χ2n) is 3.21. The normalized spacial score (nSPS) is 11.6. The van der Waals surface area contributed by atoms with Crippen molar-refractivity contribution in [1.82, 2.24) is 4.98 Å². The molecule has 0 saturated heterocycles. The lowest BCUT2D eigenvalue weighted by molar-refractivity contribution is -0.117.